The largest absolute Gasteiger partial charge is 0.497 e. The third-order valence-corrected chi connectivity index (χ3v) is 5.30. The number of methoxy groups -OCH3 is 1. The molecule has 0 spiro atoms. The number of halogens is 1. The third-order valence-electron chi connectivity index (χ3n) is 5.07. The Morgan fingerprint density at radius 1 is 1.12 bits per heavy atom. The minimum Gasteiger partial charge on any atom is -0.497 e. The Balaban J connectivity index is 1.72. The second kappa shape index (κ2) is 6.57. The highest BCUT2D eigenvalue weighted by molar-refractivity contribution is 6.30. The van der Waals surface area contributed by atoms with Crippen LogP contribution in [0.15, 0.2) is 48.2 Å². The zero-order chi connectivity index (χ0) is 17.4. The molecule has 4 heteroatoms. The molecule has 0 saturated carbocycles. The van der Waals surface area contributed by atoms with Crippen LogP contribution in [0.1, 0.15) is 40.7 Å². The van der Waals surface area contributed by atoms with E-state index in [-0.39, 0.29) is 5.91 Å². The molecule has 2 aromatic rings. The SMILES string of the molecule is COc1cccc(C(=O)N2CCCC3=C2CCc2cc(Cl)ccc23)c1. The third kappa shape index (κ3) is 2.93. The van der Waals surface area contributed by atoms with Gasteiger partial charge in [0.2, 0.25) is 0 Å². The second-order valence-corrected chi connectivity index (χ2v) is 6.96. The predicted octanol–water partition coefficient (Wildman–Crippen LogP) is 4.94. The van der Waals surface area contributed by atoms with Gasteiger partial charge in [0.15, 0.2) is 0 Å². The lowest BCUT2D eigenvalue weighted by Gasteiger charge is -2.36. The molecule has 1 aliphatic heterocycles. The quantitative estimate of drug-likeness (QED) is 0.765. The van der Waals surface area contributed by atoms with Gasteiger partial charge in [0.05, 0.1) is 7.11 Å². The summed E-state index contributed by atoms with van der Waals surface area (Å²) >= 11 is 6.15. The average Bonchev–Trinajstić information content (AvgIpc) is 2.66. The van der Waals surface area contributed by atoms with E-state index < -0.39 is 0 Å². The number of fused-ring (bicyclic) bond motifs is 2. The Kier molecular flexibility index (Phi) is 4.26. The maximum absolute atomic E-state index is 13.1. The highest BCUT2D eigenvalue weighted by atomic mass is 35.5. The average molecular weight is 354 g/mol. The summed E-state index contributed by atoms with van der Waals surface area (Å²) in [6.45, 7) is 0.776. The number of aryl methyl sites for hydroxylation is 1. The van der Waals surface area contributed by atoms with Crippen LogP contribution in [0.3, 0.4) is 0 Å². The van der Waals surface area contributed by atoms with E-state index in [4.69, 9.17) is 16.3 Å². The molecule has 0 fully saturated rings. The standard InChI is InChI=1S/C21H20ClNO2/c1-25-17-5-2-4-15(13-17)21(24)23-11-3-6-19-18-9-8-16(22)12-14(18)7-10-20(19)23/h2,4-5,8-9,12-13H,3,6-7,10-11H2,1H3. The number of nitrogens with zero attached hydrogens (tertiary/aromatic N) is 1. The van der Waals surface area contributed by atoms with Gasteiger partial charge in [-0.05, 0) is 72.7 Å². The number of allylic oxidation sites excluding steroid dienone is 2. The van der Waals surface area contributed by atoms with Crippen LogP contribution in [0.25, 0.3) is 5.57 Å². The first-order chi connectivity index (χ1) is 12.2. The molecule has 0 aromatic heterocycles. The van der Waals surface area contributed by atoms with Crippen molar-refractivity contribution in [1.29, 1.82) is 0 Å². The first-order valence-corrected chi connectivity index (χ1v) is 9.02. The number of hydrogen-bond donors (Lipinski definition) is 0. The van der Waals surface area contributed by atoms with Crippen LogP contribution in [0.4, 0.5) is 0 Å². The van der Waals surface area contributed by atoms with Crippen LogP contribution in [-0.4, -0.2) is 24.5 Å². The van der Waals surface area contributed by atoms with Gasteiger partial charge in [0.1, 0.15) is 5.75 Å². The monoisotopic (exact) mass is 353 g/mol. The Morgan fingerprint density at radius 2 is 2.00 bits per heavy atom. The molecule has 1 amide bonds. The molecule has 3 nitrogen and oxygen atoms in total. The molecule has 1 aliphatic carbocycles. The summed E-state index contributed by atoms with van der Waals surface area (Å²) < 4.78 is 5.26. The van der Waals surface area contributed by atoms with Crippen molar-refractivity contribution in [3.05, 3.63) is 69.9 Å². The number of amides is 1. The Hall–Kier alpha value is -2.26. The van der Waals surface area contributed by atoms with E-state index in [1.165, 1.54) is 22.4 Å². The zero-order valence-corrected chi connectivity index (χ0v) is 15.0. The van der Waals surface area contributed by atoms with Gasteiger partial charge in [0.25, 0.3) is 5.91 Å². The Labute approximate surface area is 152 Å². The van der Waals surface area contributed by atoms with Crippen molar-refractivity contribution in [2.75, 3.05) is 13.7 Å². The molecule has 2 aromatic carbocycles. The van der Waals surface area contributed by atoms with Crippen LogP contribution in [0.2, 0.25) is 5.02 Å². The summed E-state index contributed by atoms with van der Waals surface area (Å²) in [6, 6.07) is 13.5. The molecule has 0 unspecified atom stereocenters. The molecule has 1 heterocycles. The van der Waals surface area contributed by atoms with Gasteiger partial charge in [0, 0.05) is 22.8 Å². The summed E-state index contributed by atoms with van der Waals surface area (Å²) in [4.78, 5) is 15.1. The molecule has 0 atom stereocenters. The Morgan fingerprint density at radius 3 is 2.84 bits per heavy atom. The summed E-state index contributed by atoms with van der Waals surface area (Å²) in [6.07, 6.45) is 3.82. The maximum atomic E-state index is 13.1. The van der Waals surface area contributed by atoms with Crippen LogP contribution < -0.4 is 4.74 Å². The molecule has 0 N–H and O–H groups in total. The molecular weight excluding hydrogens is 334 g/mol. The van der Waals surface area contributed by atoms with Crippen LogP contribution in [0.5, 0.6) is 5.75 Å². The number of hydrogen-bond acceptors (Lipinski definition) is 2. The summed E-state index contributed by atoms with van der Waals surface area (Å²) in [7, 11) is 1.62. The van der Waals surface area contributed by atoms with Crippen molar-refractivity contribution in [3.8, 4) is 5.75 Å². The van der Waals surface area contributed by atoms with Gasteiger partial charge in [-0.1, -0.05) is 23.7 Å². The summed E-state index contributed by atoms with van der Waals surface area (Å²) in [5.74, 6) is 0.768. The van der Waals surface area contributed by atoms with E-state index in [0.717, 1.165) is 37.3 Å². The molecule has 0 bridgehead atoms. The molecule has 128 valence electrons. The first-order valence-electron chi connectivity index (χ1n) is 8.64. The van der Waals surface area contributed by atoms with E-state index in [0.29, 0.717) is 11.3 Å². The van der Waals surface area contributed by atoms with E-state index >= 15 is 0 Å². The van der Waals surface area contributed by atoms with E-state index in [9.17, 15) is 4.79 Å². The van der Waals surface area contributed by atoms with Crippen molar-refractivity contribution in [2.24, 2.45) is 0 Å². The maximum Gasteiger partial charge on any atom is 0.258 e. The van der Waals surface area contributed by atoms with Gasteiger partial charge in [-0.2, -0.15) is 0 Å². The van der Waals surface area contributed by atoms with Gasteiger partial charge < -0.3 is 9.64 Å². The molecule has 2 aliphatic rings. The van der Waals surface area contributed by atoms with Crippen molar-refractivity contribution in [1.82, 2.24) is 4.90 Å². The topological polar surface area (TPSA) is 29.5 Å². The fraction of sp³-hybridized carbons (Fsp3) is 0.286. The number of carbonyl (C=O) groups excluding carboxylic acids is 1. The van der Waals surface area contributed by atoms with E-state index in [1.807, 2.05) is 35.2 Å². The van der Waals surface area contributed by atoms with Crippen molar-refractivity contribution >= 4 is 23.1 Å². The zero-order valence-electron chi connectivity index (χ0n) is 14.2. The smallest absolute Gasteiger partial charge is 0.258 e. The number of ether oxygens (including phenoxy) is 1. The van der Waals surface area contributed by atoms with Gasteiger partial charge in [-0.15, -0.1) is 0 Å². The Bertz CT molecular complexity index is 872. The minimum atomic E-state index is 0.0588. The van der Waals surface area contributed by atoms with E-state index in [1.54, 1.807) is 7.11 Å². The lowest BCUT2D eigenvalue weighted by atomic mass is 9.83. The highest BCUT2D eigenvalue weighted by Crippen LogP contribution is 2.40. The van der Waals surface area contributed by atoms with Crippen LogP contribution in [-0.2, 0) is 6.42 Å². The molecular formula is C21H20ClNO2. The van der Waals surface area contributed by atoms with Crippen LogP contribution >= 0.6 is 11.6 Å². The van der Waals surface area contributed by atoms with Gasteiger partial charge in [-0.25, -0.2) is 0 Å². The number of carbonyl (C=O) groups is 1. The second-order valence-electron chi connectivity index (χ2n) is 6.52. The fourth-order valence-corrected chi connectivity index (χ4v) is 4.08. The van der Waals surface area contributed by atoms with Crippen molar-refractivity contribution in [2.45, 2.75) is 25.7 Å². The van der Waals surface area contributed by atoms with Gasteiger partial charge in [-0.3, -0.25) is 4.79 Å². The predicted molar refractivity (Wildman–Crippen MR) is 100.0 cm³/mol. The van der Waals surface area contributed by atoms with Crippen molar-refractivity contribution in [3.63, 3.8) is 0 Å². The molecule has 4 rings (SSSR count). The highest BCUT2D eigenvalue weighted by Gasteiger charge is 2.30. The molecule has 0 saturated heterocycles. The summed E-state index contributed by atoms with van der Waals surface area (Å²) in [5, 5.41) is 0.780. The number of benzene rings is 2. The lowest BCUT2D eigenvalue weighted by molar-refractivity contribution is 0.0793. The van der Waals surface area contributed by atoms with Crippen LogP contribution in [0, 0.1) is 0 Å². The molecule has 25 heavy (non-hydrogen) atoms. The minimum absolute atomic E-state index is 0.0588. The van der Waals surface area contributed by atoms with Crippen molar-refractivity contribution < 1.29 is 9.53 Å². The normalized spacial score (nSPS) is 16.3. The lowest BCUT2D eigenvalue weighted by Crippen LogP contribution is -2.36. The fourth-order valence-electron chi connectivity index (χ4n) is 3.88. The van der Waals surface area contributed by atoms with E-state index in [2.05, 4.69) is 12.1 Å². The van der Waals surface area contributed by atoms with Gasteiger partial charge >= 0.3 is 0 Å². The summed E-state index contributed by atoms with van der Waals surface area (Å²) in [5.41, 5.74) is 5.71. The first kappa shape index (κ1) is 16.2. The number of rotatable bonds is 2. The molecule has 0 radical (unpaired) electrons.